The highest BCUT2D eigenvalue weighted by molar-refractivity contribution is 8.93. The van der Waals surface area contributed by atoms with Crippen LogP contribution in [0.3, 0.4) is 0 Å². The van der Waals surface area contributed by atoms with E-state index in [0.717, 1.165) is 16.7 Å². The van der Waals surface area contributed by atoms with E-state index in [1.807, 2.05) is 29.9 Å². The summed E-state index contributed by atoms with van der Waals surface area (Å²) in [6.07, 6.45) is 3.70. The zero-order chi connectivity index (χ0) is 12.8. The second-order valence-corrected chi connectivity index (χ2v) is 4.72. The molecule has 2 rings (SSSR count). The zero-order valence-electron chi connectivity index (χ0n) is 10.4. The van der Waals surface area contributed by atoms with Crippen LogP contribution in [-0.4, -0.2) is 21.9 Å². The quantitative estimate of drug-likeness (QED) is 0.620. The summed E-state index contributed by atoms with van der Waals surface area (Å²) in [5.41, 5.74) is 0.643. The van der Waals surface area contributed by atoms with Crippen LogP contribution in [-0.2, 0) is 7.05 Å². The number of benzene rings is 1. The summed E-state index contributed by atoms with van der Waals surface area (Å²) in [5.74, 6) is 1.62. The molecule has 0 fully saturated rings. The van der Waals surface area contributed by atoms with E-state index in [1.165, 1.54) is 0 Å². The van der Waals surface area contributed by atoms with Crippen LogP contribution in [0.15, 0.2) is 41.8 Å². The van der Waals surface area contributed by atoms with E-state index in [1.54, 1.807) is 30.1 Å². The Morgan fingerprint density at radius 2 is 2.11 bits per heavy atom. The average molecular weight is 340 g/mol. The maximum atomic E-state index is 8.67. The fourth-order valence-electron chi connectivity index (χ4n) is 1.41. The predicted molar refractivity (Wildman–Crippen MR) is 80.9 cm³/mol. The molecule has 0 aliphatic carbocycles. The maximum Gasteiger partial charge on any atom is 0.167 e. The van der Waals surface area contributed by atoms with E-state index in [4.69, 9.17) is 10.00 Å². The molecule has 0 unspecified atom stereocenters. The molecule has 0 aliphatic rings. The number of halogens is 1. The van der Waals surface area contributed by atoms with E-state index in [-0.39, 0.29) is 17.0 Å². The van der Waals surface area contributed by atoms with Crippen molar-refractivity contribution in [3.05, 3.63) is 42.2 Å². The lowest BCUT2D eigenvalue weighted by Gasteiger charge is -2.05. The largest absolute Gasteiger partial charge is 0.493 e. The number of ether oxygens (including phenoxy) is 1. The highest BCUT2D eigenvalue weighted by atomic mass is 79.9. The molecule has 0 atom stereocenters. The predicted octanol–water partition coefficient (Wildman–Crippen LogP) is 3.04. The highest BCUT2D eigenvalue weighted by Gasteiger charge is 2.00. The minimum atomic E-state index is 0. The van der Waals surface area contributed by atoms with Crippen molar-refractivity contribution in [1.82, 2.24) is 9.55 Å². The molecule has 0 spiro atoms. The van der Waals surface area contributed by atoms with Crippen LogP contribution in [0.2, 0.25) is 0 Å². The van der Waals surface area contributed by atoms with Crippen LogP contribution in [0.1, 0.15) is 5.56 Å². The van der Waals surface area contributed by atoms with Crippen molar-refractivity contribution < 1.29 is 4.74 Å². The fraction of sp³-hybridized carbons (Fsp3) is 0.231. The molecule has 0 amide bonds. The first-order chi connectivity index (χ1) is 8.79. The van der Waals surface area contributed by atoms with Crippen molar-refractivity contribution >= 4 is 28.7 Å². The first kappa shape index (κ1) is 15.6. The van der Waals surface area contributed by atoms with Crippen LogP contribution in [0.25, 0.3) is 0 Å². The first-order valence-electron chi connectivity index (χ1n) is 5.52. The van der Waals surface area contributed by atoms with Gasteiger partial charge in [0.25, 0.3) is 0 Å². The molecule has 100 valence electrons. The van der Waals surface area contributed by atoms with Crippen molar-refractivity contribution in [3.63, 3.8) is 0 Å². The second kappa shape index (κ2) is 7.87. The second-order valence-electron chi connectivity index (χ2n) is 3.65. The zero-order valence-corrected chi connectivity index (χ0v) is 13.0. The van der Waals surface area contributed by atoms with Crippen LogP contribution in [0.5, 0.6) is 5.75 Å². The summed E-state index contributed by atoms with van der Waals surface area (Å²) in [6, 6.07) is 9.20. The summed E-state index contributed by atoms with van der Waals surface area (Å²) in [5, 5.41) is 9.66. The van der Waals surface area contributed by atoms with E-state index >= 15 is 0 Å². The monoisotopic (exact) mass is 339 g/mol. The molecule has 0 saturated carbocycles. The number of hydrogen-bond donors (Lipinski definition) is 0. The number of thioether (sulfide) groups is 1. The summed E-state index contributed by atoms with van der Waals surface area (Å²) in [6.45, 7) is 0.615. The molecule has 2 aromatic rings. The van der Waals surface area contributed by atoms with Crippen molar-refractivity contribution in [2.75, 3.05) is 12.4 Å². The third kappa shape index (κ3) is 4.62. The molecule has 0 radical (unpaired) electrons. The molecule has 6 heteroatoms. The van der Waals surface area contributed by atoms with Gasteiger partial charge in [-0.15, -0.1) is 17.0 Å². The minimum Gasteiger partial charge on any atom is -0.493 e. The van der Waals surface area contributed by atoms with Gasteiger partial charge in [-0.2, -0.15) is 5.26 Å². The van der Waals surface area contributed by atoms with Gasteiger partial charge in [-0.05, 0) is 24.3 Å². The Morgan fingerprint density at radius 1 is 1.37 bits per heavy atom. The molecule has 0 saturated heterocycles. The number of rotatable bonds is 5. The standard InChI is InChI=1S/C13H13N3OS.BrH/c1-16-7-6-15-13(16)18-9-8-17-12-4-2-11(10-14)3-5-12;/h2-7H,8-9H2,1H3;1H. The Bertz CT molecular complexity index is 548. The third-order valence-electron chi connectivity index (χ3n) is 2.34. The summed E-state index contributed by atoms with van der Waals surface area (Å²) >= 11 is 1.66. The summed E-state index contributed by atoms with van der Waals surface area (Å²) in [4.78, 5) is 4.22. The van der Waals surface area contributed by atoms with Gasteiger partial charge in [0.1, 0.15) is 5.75 Å². The van der Waals surface area contributed by atoms with Crippen LogP contribution in [0, 0.1) is 11.3 Å². The number of aromatic nitrogens is 2. The SMILES string of the molecule is Br.Cn1ccnc1SCCOc1ccc(C#N)cc1. The molecular weight excluding hydrogens is 326 g/mol. The van der Waals surface area contributed by atoms with Gasteiger partial charge in [-0.1, -0.05) is 11.8 Å². The molecular formula is C13H14BrN3OS. The molecule has 0 aliphatic heterocycles. The van der Waals surface area contributed by atoms with E-state index in [9.17, 15) is 0 Å². The first-order valence-corrected chi connectivity index (χ1v) is 6.51. The molecule has 0 N–H and O–H groups in total. The lowest BCUT2D eigenvalue weighted by atomic mass is 10.2. The minimum absolute atomic E-state index is 0. The van der Waals surface area contributed by atoms with Gasteiger partial charge in [0.2, 0.25) is 0 Å². The van der Waals surface area contributed by atoms with Gasteiger partial charge < -0.3 is 9.30 Å². The molecule has 1 aromatic heterocycles. The average Bonchev–Trinajstić information content (AvgIpc) is 2.81. The van der Waals surface area contributed by atoms with Gasteiger partial charge in [0.05, 0.1) is 18.2 Å². The Labute approximate surface area is 127 Å². The Morgan fingerprint density at radius 3 is 2.68 bits per heavy atom. The Hall–Kier alpha value is -1.45. The third-order valence-corrected chi connectivity index (χ3v) is 3.37. The van der Waals surface area contributed by atoms with Gasteiger partial charge in [-0.3, -0.25) is 0 Å². The number of aryl methyl sites for hydroxylation is 1. The molecule has 1 aromatic carbocycles. The van der Waals surface area contributed by atoms with E-state index in [0.29, 0.717) is 12.2 Å². The van der Waals surface area contributed by atoms with Gasteiger partial charge in [0.15, 0.2) is 5.16 Å². The smallest absolute Gasteiger partial charge is 0.167 e. The Balaban J connectivity index is 0.00000180. The summed E-state index contributed by atoms with van der Waals surface area (Å²) < 4.78 is 7.55. The number of hydrogen-bond acceptors (Lipinski definition) is 4. The van der Waals surface area contributed by atoms with E-state index < -0.39 is 0 Å². The van der Waals surface area contributed by atoms with Crippen molar-refractivity contribution in [2.24, 2.45) is 7.05 Å². The van der Waals surface area contributed by atoms with Crippen molar-refractivity contribution in [2.45, 2.75) is 5.16 Å². The summed E-state index contributed by atoms with van der Waals surface area (Å²) in [7, 11) is 1.97. The van der Waals surface area contributed by atoms with Crippen LogP contribution >= 0.6 is 28.7 Å². The highest BCUT2D eigenvalue weighted by Crippen LogP contribution is 2.16. The normalized spacial score (nSPS) is 9.47. The number of imidazole rings is 1. The topological polar surface area (TPSA) is 50.8 Å². The molecule has 0 bridgehead atoms. The van der Waals surface area contributed by atoms with E-state index in [2.05, 4.69) is 11.1 Å². The lowest BCUT2D eigenvalue weighted by Crippen LogP contribution is -2.01. The number of nitriles is 1. The number of nitrogens with zero attached hydrogens (tertiary/aromatic N) is 3. The van der Waals surface area contributed by atoms with Crippen LogP contribution in [0.4, 0.5) is 0 Å². The van der Waals surface area contributed by atoms with Crippen molar-refractivity contribution in [1.29, 1.82) is 5.26 Å². The lowest BCUT2D eigenvalue weighted by molar-refractivity contribution is 0.344. The fourth-order valence-corrected chi connectivity index (χ4v) is 2.16. The van der Waals surface area contributed by atoms with Gasteiger partial charge in [0, 0.05) is 25.2 Å². The maximum absolute atomic E-state index is 8.67. The van der Waals surface area contributed by atoms with Crippen molar-refractivity contribution in [3.8, 4) is 11.8 Å². The Kier molecular flexibility index (Phi) is 6.46. The van der Waals surface area contributed by atoms with Gasteiger partial charge in [-0.25, -0.2) is 4.98 Å². The molecule has 1 heterocycles. The van der Waals surface area contributed by atoms with Gasteiger partial charge >= 0.3 is 0 Å². The molecule has 4 nitrogen and oxygen atoms in total. The molecule has 19 heavy (non-hydrogen) atoms. The van der Waals surface area contributed by atoms with Crippen LogP contribution < -0.4 is 4.74 Å².